The zero-order chi connectivity index (χ0) is 14.1. The summed E-state index contributed by atoms with van der Waals surface area (Å²) in [7, 11) is 0. The van der Waals surface area contributed by atoms with Gasteiger partial charge in [0.2, 0.25) is 11.1 Å². The van der Waals surface area contributed by atoms with Crippen molar-refractivity contribution in [3.63, 3.8) is 0 Å². The molecule has 0 unspecified atom stereocenters. The maximum atomic E-state index is 12.2. The third-order valence-electron chi connectivity index (χ3n) is 3.88. The van der Waals surface area contributed by atoms with Gasteiger partial charge in [-0.2, -0.15) is 0 Å². The fourth-order valence-corrected chi connectivity index (χ4v) is 3.08. The van der Waals surface area contributed by atoms with Gasteiger partial charge >= 0.3 is 0 Å². The van der Waals surface area contributed by atoms with Crippen LogP contribution in [0, 0.1) is 4.91 Å². The predicted molar refractivity (Wildman–Crippen MR) is 76.0 cm³/mol. The highest BCUT2D eigenvalue weighted by molar-refractivity contribution is 5.13. The number of nitroso groups, excluding NO2 is 1. The highest BCUT2D eigenvalue weighted by Gasteiger charge is 2.54. The average Bonchev–Trinajstić information content (AvgIpc) is 2.34. The zero-order valence-electron chi connectivity index (χ0n) is 12.3. The van der Waals surface area contributed by atoms with Crippen LogP contribution in [0.3, 0.4) is 0 Å². The van der Waals surface area contributed by atoms with Crippen LogP contribution in [-0.4, -0.2) is 21.9 Å². The Balaban J connectivity index is 2.00. The van der Waals surface area contributed by atoms with Gasteiger partial charge in [-0.15, -0.1) is 0 Å². The van der Waals surface area contributed by atoms with E-state index in [-0.39, 0.29) is 17.2 Å². The lowest BCUT2D eigenvalue weighted by Gasteiger charge is -2.36. The lowest BCUT2D eigenvalue weighted by atomic mass is 9.80. The van der Waals surface area contributed by atoms with E-state index in [1.165, 1.54) is 10.3 Å². The van der Waals surface area contributed by atoms with Crippen LogP contribution in [0.25, 0.3) is 0 Å². The Hall–Kier alpha value is -1.22. The Morgan fingerprint density at radius 2 is 1.63 bits per heavy atom. The summed E-state index contributed by atoms with van der Waals surface area (Å²) in [6.07, 6.45) is 1.72. The maximum absolute atomic E-state index is 12.2. The second-order valence-corrected chi connectivity index (χ2v) is 6.75. The molecular weight excluding hydrogens is 238 g/mol. The highest BCUT2D eigenvalue weighted by atomic mass is 16.5. The summed E-state index contributed by atoms with van der Waals surface area (Å²) in [5, 5.41) is 0. The summed E-state index contributed by atoms with van der Waals surface area (Å²) in [6, 6.07) is 10.2. The van der Waals surface area contributed by atoms with E-state index in [0.717, 1.165) is 12.8 Å². The van der Waals surface area contributed by atoms with Gasteiger partial charge in [-0.05, 0) is 5.56 Å². The molecule has 1 aliphatic rings. The third-order valence-corrected chi connectivity index (χ3v) is 3.88. The molecule has 0 aliphatic carbocycles. The molecule has 0 spiro atoms. The molecule has 0 aromatic heterocycles. The molecule has 0 radical (unpaired) electrons. The van der Waals surface area contributed by atoms with Crippen LogP contribution in [0.1, 0.15) is 46.1 Å². The van der Waals surface area contributed by atoms with Gasteiger partial charge in [-0.25, -0.2) is 0 Å². The average molecular weight is 262 g/mol. The van der Waals surface area contributed by atoms with E-state index >= 15 is 0 Å². The van der Waals surface area contributed by atoms with Crippen molar-refractivity contribution in [3.8, 4) is 0 Å². The molecule has 3 nitrogen and oxygen atoms in total. The van der Waals surface area contributed by atoms with Gasteiger partial charge in [-0.3, -0.25) is 0 Å². The molecule has 0 amide bonds. The molecule has 1 heterocycles. The standard InChI is InChI=1S/C16H24NO2/c1-15(2)10-14(11-16(3,4)17(15)18)19-12-13-8-6-5-7-9-13/h5-9,14H,10-12H2,1-4H3/q+1. The van der Waals surface area contributed by atoms with Crippen molar-refractivity contribution >= 4 is 0 Å². The van der Waals surface area contributed by atoms with E-state index in [2.05, 4.69) is 12.1 Å². The van der Waals surface area contributed by atoms with Gasteiger partial charge in [0.1, 0.15) is 0 Å². The minimum absolute atomic E-state index is 0.149. The monoisotopic (exact) mass is 262 g/mol. The lowest BCUT2D eigenvalue weighted by molar-refractivity contribution is -0.696. The van der Waals surface area contributed by atoms with Crippen LogP contribution in [0.4, 0.5) is 0 Å². The Labute approximate surface area is 115 Å². The number of nitrogens with zero attached hydrogens (tertiary/aromatic N) is 1. The van der Waals surface area contributed by atoms with Crippen molar-refractivity contribution in [2.75, 3.05) is 0 Å². The number of hydrogen-bond acceptors (Lipinski definition) is 2. The normalized spacial score (nSPS) is 22.4. The number of piperidine rings is 1. The molecule has 1 fully saturated rings. The molecule has 2 rings (SSSR count). The number of rotatable bonds is 3. The quantitative estimate of drug-likeness (QED) is 0.777. The van der Waals surface area contributed by atoms with Crippen LogP contribution in [0.2, 0.25) is 0 Å². The molecule has 1 saturated heterocycles. The van der Waals surface area contributed by atoms with Crippen LogP contribution < -0.4 is 0 Å². The molecule has 0 saturated carbocycles. The summed E-state index contributed by atoms with van der Waals surface area (Å²) in [6.45, 7) is 8.62. The smallest absolute Gasteiger partial charge is 0.208 e. The second-order valence-electron chi connectivity index (χ2n) is 6.75. The number of ether oxygens (including phenoxy) is 1. The maximum Gasteiger partial charge on any atom is 0.208 e. The topological polar surface area (TPSA) is 29.3 Å². The number of hydrogen-bond donors (Lipinski definition) is 0. The van der Waals surface area contributed by atoms with Crippen molar-refractivity contribution in [3.05, 3.63) is 40.8 Å². The summed E-state index contributed by atoms with van der Waals surface area (Å²) in [5.74, 6) is 0. The molecule has 0 atom stereocenters. The summed E-state index contributed by atoms with van der Waals surface area (Å²) in [4.78, 5) is 12.2. The Morgan fingerprint density at radius 3 is 2.16 bits per heavy atom. The SMILES string of the molecule is CC1(C)CC(OCc2ccccc2)CC(C)(C)[N+]1=O. The van der Waals surface area contributed by atoms with Crippen LogP contribution in [0.15, 0.2) is 30.3 Å². The molecule has 0 N–H and O–H groups in total. The van der Waals surface area contributed by atoms with Crippen molar-refractivity contribution < 1.29 is 9.50 Å². The Morgan fingerprint density at radius 1 is 1.11 bits per heavy atom. The van der Waals surface area contributed by atoms with E-state index in [1.54, 1.807) is 0 Å². The Bertz CT molecular complexity index is 431. The van der Waals surface area contributed by atoms with Crippen molar-refractivity contribution in [2.45, 2.75) is 64.3 Å². The molecule has 1 aromatic rings. The van der Waals surface area contributed by atoms with Crippen molar-refractivity contribution in [2.24, 2.45) is 0 Å². The molecular formula is C16H24NO2+. The van der Waals surface area contributed by atoms with Gasteiger partial charge in [-0.1, -0.05) is 30.3 Å². The minimum Gasteiger partial charge on any atom is -0.373 e. The van der Waals surface area contributed by atoms with E-state index in [4.69, 9.17) is 4.74 Å². The van der Waals surface area contributed by atoms with E-state index in [0.29, 0.717) is 6.61 Å². The molecule has 0 bridgehead atoms. The molecule has 1 aliphatic heterocycles. The van der Waals surface area contributed by atoms with E-state index < -0.39 is 0 Å². The van der Waals surface area contributed by atoms with Crippen molar-refractivity contribution in [1.29, 1.82) is 0 Å². The first-order chi connectivity index (χ1) is 8.81. The number of benzene rings is 1. The Kier molecular flexibility index (Phi) is 3.77. The van der Waals surface area contributed by atoms with Crippen LogP contribution >= 0.6 is 0 Å². The van der Waals surface area contributed by atoms with Gasteiger partial charge in [0, 0.05) is 50.2 Å². The summed E-state index contributed by atoms with van der Waals surface area (Å²) in [5.41, 5.74) is 0.467. The molecule has 3 heteroatoms. The molecule has 104 valence electrons. The first-order valence-electron chi connectivity index (χ1n) is 6.94. The molecule has 1 aromatic carbocycles. The fourth-order valence-electron chi connectivity index (χ4n) is 3.08. The van der Waals surface area contributed by atoms with Gasteiger partial charge < -0.3 is 4.74 Å². The molecule has 19 heavy (non-hydrogen) atoms. The van der Waals surface area contributed by atoms with Gasteiger partial charge in [0.25, 0.3) is 0 Å². The second kappa shape index (κ2) is 5.04. The fraction of sp³-hybridized carbons (Fsp3) is 0.625. The largest absolute Gasteiger partial charge is 0.373 e. The van der Waals surface area contributed by atoms with Crippen LogP contribution in [-0.2, 0) is 11.3 Å². The minimum atomic E-state index is -0.358. The zero-order valence-corrected chi connectivity index (χ0v) is 12.3. The first-order valence-corrected chi connectivity index (χ1v) is 6.94. The summed E-state index contributed by atoms with van der Waals surface area (Å²) >= 11 is 0. The predicted octanol–water partition coefficient (Wildman–Crippen LogP) is 3.70. The first kappa shape index (κ1) is 14.2. The van der Waals surface area contributed by atoms with Crippen LogP contribution in [0.5, 0.6) is 0 Å². The van der Waals surface area contributed by atoms with E-state index in [1.807, 2.05) is 45.9 Å². The van der Waals surface area contributed by atoms with E-state index in [9.17, 15) is 4.91 Å². The summed E-state index contributed by atoms with van der Waals surface area (Å²) < 4.78 is 7.26. The lowest BCUT2D eigenvalue weighted by Crippen LogP contribution is -2.55. The van der Waals surface area contributed by atoms with Gasteiger partial charge in [0.05, 0.1) is 12.7 Å². The highest BCUT2D eigenvalue weighted by Crippen LogP contribution is 2.35. The van der Waals surface area contributed by atoms with Crippen molar-refractivity contribution in [1.82, 2.24) is 0 Å². The van der Waals surface area contributed by atoms with Gasteiger partial charge in [0.15, 0.2) is 0 Å². The third kappa shape index (κ3) is 3.21.